The van der Waals surface area contributed by atoms with Crippen molar-refractivity contribution in [2.45, 2.75) is 45.6 Å². The van der Waals surface area contributed by atoms with Crippen LogP contribution in [0, 0.1) is 6.92 Å². The average Bonchev–Trinajstić information content (AvgIpc) is 3.38. The van der Waals surface area contributed by atoms with Crippen molar-refractivity contribution in [1.29, 1.82) is 0 Å². The highest BCUT2D eigenvalue weighted by atomic mass is 16.7. The Bertz CT molecular complexity index is 1090. The van der Waals surface area contributed by atoms with Crippen molar-refractivity contribution in [2.75, 3.05) is 13.3 Å². The molecule has 5 rings (SSSR count). The molecular weight excluding hydrogens is 370 g/mol. The number of fused-ring (bicyclic) bond motifs is 2. The number of ether oxygens (including phenoxy) is 2. The minimum Gasteiger partial charge on any atom is -0.454 e. The Hall–Kier alpha value is -3.09. The molecule has 0 aliphatic carbocycles. The van der Waals surface area contributed by atoms with Crippen LogP contribution in [0.4, 0.5) is 0 Å². The maximum Gasteiger partial charge on any atom is 0.259 e. The van der Waals surface area contributed by atoms with E-state index >= 15 is 0 Å². The van der Waals surface area contributed by atoms with Gasteiger partial charge in [0.1, 0.15) is 0 Å². The van der Waals surface area contributed by atoms with Gasteiger partial charge in [0.25, 0.3) is 11.6 Å². The van der Waals surface area contributed by atoms with Crippen LogP contribution in [0.3, 0.4) is 0 Å². The van der Waals surface area contributed by atoms with Crippen LogP contribution in [0.2, 0.25) is 0 Å². The van der Waals surface area contributed by atoms with Crippen LogP contribution in [0.5, 0.6) is 11.5 Å². The third-order valence-corrected chi connectivity index (χ3v) is 5.88. The van der Waals surface area contributed by atoms with E-state index in [0.29, 0.717) is 39.6 Å². The Morgan fingerprint density at radius 2 is 2.07 bits per heavy atom. The maximum atomic E-state index is 13.6. The van der Waals surface area contributed by atoms with Crippen LogP contribution >= 0.6 is 0 Å². The second-order valence-corrected chi connectivity index (χ2v) is 7.63. The molecule has 1 fully saturated rings. The molecule has 0 bridgehead atoms. The van der Waals surface area contributed by atoms with Gasteiger partial charge < -0.3 is 18.9 Å². The molecule has 0 unspecified atom stereocenters. The molecule has 2 aliphatic heterocycles. The molecule has 0 N–H and O–H groups in total. The van der Waals surface area contributed by atoms with Crippen LogP contribution in [0.15, 0.2) is 28.8 Å². The molecule has 1 aromatic carbocycles. The second-order valence-electron chi connectivity index (χ2n) is 7.63. The third-order valence-electron chi connectivity index (χ3n) is 5.88. The van der Waals surface area contributed by atoms with E-state index in [0.717, 1.165) is 31.4 Å². The van der Waals surface area contributed by atoms with E-state index in [2.05, 4.69) is 17.1 Å². The normalized spacial score (nSPS) is 18.4. The first-order chi connectivity index (χ1) is 14.2. The second kappa shape index (κ2) is 7.06. The van der Waals surface area contributed by atoms with Gasteiger partial charge in [-0.15, -0.1) is 0 Å². The van der Waals surface area contributed by atoms with E-state index in [1.165, 1.54) is 6.42 Å². The van der Waals surface area contributed by atoms with Crippen molar-refractivity contribution < 1.29 is 18.8 Å². The Morgan fingerprint density at radius 1 is 1.21 bits per heavy atom. The summed E-state index contributed by atoms with van der Waals surface area (Å²) in [6, 6.07) is 7.77. The van der Waals surface area contributed by atoms with Gasteiger partial charge in [0.15, 0.2) is 11.5 Å². The van der Waals surface area contributed by atoms with Gasteiger partial charge in [0.05, 0.1) is 22.3 Å². The van der Waals surface area contributed by atoms with Crippen LogP contribution in [-0.4, -0.2) is 40.3 Å². The molecule has 1 saturated heterocycles. The maximum absolute atomic E-state index is 13.6. The molecule has 3 aromatic rings. The molecule has 0 radical (unpaired) electrons. The Kier molecular flexibility index (Phi) is 4.38. The first kappa shape index (κ1) is 18.0. The molecule has 7 heteroatoms. The Balaban J connectivity index is 1.62. The molecule has 7 nitrogen and oxygen atoms in total. The minimum atomic E-state index is 0.0252. The predicted octanol–water partition coefficient (Wildman–Crippen LogP) is 4.33. The minimum absolute atomic E-state index is 0.0252. The molecule has 2 aromatic heterocycles. The van der Waals surface area contributed by atoms with Gasteiger partial charge in [-0.3, -0.25) is 4.79 Å². The quantitative estimate of drug-likeness (QED) is 0.659. The van der Waals surface area contributed by atoms with Gasteiger partial charge in [0.2, 0.25) is 6.79 Å². The van der Waals surface area contributed by atoms with Crippen LogP contribution in [0.1, 0.15) is 48.7 Å². The highest BCUT2D eigenvalue weighted by Crippen LogP contribution is 2.37. The topological polar surface area (TPSA) is 77.7 Å². The molecular formula is C22H23N3O4. The lowest BCUT2D eigenvalue weighted by molar-refractivity contribution is 0.0610. The number of aromatic nitrogens is 2. The smallest absolute Gasteiger partial charge is 0.259 e. The van der Waals surface area contributed by atoms with E-state index in [-0.39, 0.29) is 18.7 Å². The lowest BCUT2D eigenvalue weighted by Crippen LogP contribution is -2.43. The number of hydrogen-bond acceptors (Lipinski definition) is 6. The van der Waals surface area contributed by atoms with Crippen molar-refractivity contribution in [2.24, 2.45) is 0 Å². The summed E-state index contributed by atoms with van der Waals surface area (Å²) >= 11 is 0. The number of aryl methyl sites for hydroxylation is 1. The number of carbonyl (C=O) groups is 1. The molecule has 1 atom stereocenters. The predicted molar refractivity (Wildman–Crippen MR) is 107 cm³/mol. The van der Waals surface area contributed by atoms with Gasteiger partial charge in [-0.05, 0) is 56.9 Å². The average molecular weight is 393 g/mol. The fourth-order valence-electron chi connectivity index (χ4n) is 4.31. The Labute approximate surface area is 168 Å². The van der Waals surface area contributed by atoms with E-state index in [1.807, 2.05) is 36.1 Å². The van der Waals surface area contributed by atoms with Crippen molar-refractivity contribution in [3.8, 4) is 22.8 Å². The fourth-order valence-corrected chi connectivity index (χ4v) is 4.31. The van der Waals surface area contributed by atoms with Crippen molar-refractivity contribution >= 4 is 17.0 Å². The number of pyridine rings is 1. The Morgan fingerprint density at radius 3 is 2.93 bits per heavy atom. The fraction of sp³-hybridized carbons (Fsp3) is 0.409. The molecule has 0 saturated carbocycles. The summed E-state index contributed by atoms with van der Waals surface area (Å²) in [5.41, 5.74) is 3.15. The number of amides is 1. The van der Waals surface area contributed by atoms with Crippen molar-refractivity contribution in [1.82, 2.24) is 15.0 Å². The zero-order chi connectivity index (χ0) is 20.0. The van der Waals surface area contributed by atoms with Crippen LogP contribution in [-0.2, 0) is 0 Å². The number of piperidine rings is 1. The monoisotopic (exact) mass is 393 g/mol. The molecule has 2 aliphatic rings. The summed E-state index contributed by atoms with van der Waals surface area (Å²) in [5, 5.41) is 4.76. The van der Waals surface area contributed by atoms with E-state index in [1.54, 1.807) is 0 Å². The molecule has 29 heavy (non-hydrogen) atoms. The zero-order valence-electron chi connectivity index (χ0n) is 16.6. The standard InChI is InChI=1S/C22H23N3O4/c1-3-15-6-4-5-9-25(15)22(26)16-11-17(23-21-20(16)13(2)24-29-21)14-7-8-18-19(10-14)28-12-27-18/h7-8,10-11,15H,3-6,9,12H2,1-2H3/t15-/m0/s1. The molecule has 4 heterocycles. The largest absolute Gasteiger partial charge is 0.454 e. The highest BCUT2D eigenvalue weighted by molar-refractivity contribution is 6.07. The lowest BCUT2D eigenvalue weighted by atomic mass is 9.97. The number of likely N-dealkylation sites (tertiary alicyclic amines) is 1. The highest BCUT2D eigenvalue weighted by Gasteiger charge is 2.29. The number of nitrogens with zero attached hydrogens (tertiary/aromatic N) is 3. The molecule has 1 amide bonds. The number of carbonyl (C=O) groups excluding carboxylic acids is 1. The number of rotatable bonds is 3. The number of hydrogen-bond donors (Lipinski definition) is 0. The summed E-state index contributed by atoms with van der Waals surface area (Å²) < 4.78 is 16.3. The van der Waals surface area contributed by atoms with Gasteiger partial charge in [0, 0.05) is 18.2 Å². The van der Waals surface area contributed by atoms with Crippen molar-refractivity contribution in [3.63, 3.8) is 0 Å². The van der Waals surface area contributed by atoms with Crippen LogP contribution in [0.25, 0.3) is 22.4 Å². The molecule has 150 valence electrons. The molecule has 0 spiro atoms. The van der Waals surface area contributed by atoms with E-state index < -0.39 is 0 Å². The van der Waals surface area contributed by atoms with E-state index in [4.69, 9.17) is 14.0 Å². The summed E-state index contributed by atoms with van der Waals surface area (Å²) in [6.07, 6.45) is 4.21. The van der Waals surface area contributed by atoms with Crippen molar-refractivity contribution in [3.05, 3.63) is 35.5 Å². The summed E-state index contributed by atoms with van der Waals surface area (Å²) in [6.45, 7) is 4.98. The first-order valence-corrected chi connectivity index (χ1v) is 10.1. The van der Waals surface area contributed by atoms with Gasteiger partial charge >= 0.3 is 0 Å². The summed E-state index contributed by atoms with van der Waals surface area (Å²) in [5.74, 6) is 1.41. The van der Waals surface area contributed by atoms with Gasteiger partial charge in [-0.1, -0.05) is 12.1 Å². The summed E-state index contributed by atoms with van der Waals surface area (Å²) in [4.78, 5) is 20.2. The van der Waals surface area contributed by atoms with Gasteiger partial charge in [-0.25, -0.2) is 4.98 Å². The third kappa shape index (κ3) is 3.01. The SMILES string of the molecule is CC[C@H]1CCCCN1C(=O)c1cc(-c2ccc3c(c2)OCO3)nc2onc(C)c12. The lowest BCUT2D eigenvalue weighted by Gasteiger charge is -2.35. The van der Waals surface area contributed by atoms with E-state index in [9.17, 15) is 4.79 Å². The number of benzene rings is 1. The van der Waals surface area contributed by atoms with Crippen LogP contribution < -0.4 is 9.47 Å². The zero-order valence-corrected chi connectivity index (χ0v) is 16.6. The van der Waals surface area contributed by atoms with Gasteiger partial charge in [-0.2, -0.15) is 0 Å². The summed E-state index contributed by atoms with van der Waals surface area (Å²) in [7, 11) is 0. The first-order valence-electron chi connectivity index (χ1n) is 10.1.